The average molecular weight is 690 g/mol. The first-order valence-corrected chi connectivity index (χ1v) is 17.1. The summed E-state index contributed by atoms with van der Waals surface area (Å²) in [7, 11) is 3.56. The predicted molar refractivity (Wildman–Crippen MR) is 188 cm³/mol. The molecule has 14 heteroatoms. The zero-order valence-corrected chi connectivity index (χ0v) is 28.5. The SMILES string of the molecule is Cn1ccnc1C(=O)N1CCC[C@H]1CC(=O)Nc1ccc(-c2cnc(-c3ccc(NC(=O)C[C@@H]4CCCN4C(=O)c4nccn4C)cc3)o2)cc1. The highest BCUT2D eigenvalue weighted by Gasteiger charge is 2.34. The number of anilines is 2. The van der Waals surface area contributed by atoms with Crippen molar-refractivity contribution < 1.29 is 23.6 Å². The van der Waals surface area contributed by atoms with Gasteiger partial charge in [-0.15, -0.1) is 0 Å². The van der Waals surface area contributed by atoms with Gasteiger partial charge >= 0.3 is 0 Å². The van der Waals surface area contributed by atoms with Crippen molar-refractivity contribution in [3.05, 3.63) is 91.2 Å². The maximum atomic E-state index is 13.0. The summed E-state index contributed by atoms with van der Waals surface area (Å²) in [5.41, 5.74) is 2.81. The lowest BCUT2D eigenvalue weighted by Crippen LogP contribution is -2.38. The van der Waals surface area contributed by atoms with Crippen LogP contribution in [0.3, 0.4) is 0 Å². The second-order valence-corrected chi connectivity index (χ2v) is 13.0. The Bertz CT molecular complexity index is 1900. The lowest BCUT2D eigenvalue weighted by Gasteiger charge is -2.24. The number of amides is 4. The van der Waals surface area contributed by atoms with Crippen LogP contribution in [-0.2, 0) is 23.7 Å². The molecular weight excluding hydrogens is 650 g/mol. The number of rotatable bonds is 10. The third-order valence-corrected chi connectivity index (χ3v) is 9.52. The van der Waals surface area contributed by atoms with Gasteiger partial charge in [0.05, 0.1) is 6.20 Å². The number of imidazole rings is 2. The minimum Gasteiger partial charge on any atom is -0.436 e. The van der Waals surface area contributed by atoms with E-state index >= 15 is 0 Å². The zero-order valence-electron chi connectivity index (χ0n) is 28.5. The van der Waals surface area contributed by atoms with Gasteiger partial charge in [0.15, 0.2) is 17.4 Å². The van der Waals surface area contributed by atoms with Crippen molar-refractivity contribution in [3.8, 4) is 22.8 Å². The van der Waals surface area contributed by atoms with Crippen molar-refractivity contribution in [2.24, 2.45) is 14.1 Å². The van der Waals surface area contributed by atoms with E-state index in [-0.39, 0.29) is 48.6 Å². The van der Waals surface area contributed by atoms with Gasteiger partial charge in [-0.1, -0.05) is 0 Å². The molecule has 5 aromatic rings. The first-order chi connectivity index (χ1) is 24.7. The molecule has 2 fully saturated rings. The van der Waals surface area contributed by atoms with Crippen LogP contribution < -0.4 is 10.6 Å². The highest BCUT2D eigenvalue weighted by molar-refractivity contribution is 5.95. The van der Waals surface area contributed by atoms with Gasteiger partial charge in [0, 0.05) is 99.4 Å². The fourth-order valence-corrected chi connectivity index (χ4v) is 6.84. The summed E-state index contributed by atoms with van der Waals surface area (Å²) in [5.74, 6) is 1.09. The smallest absolute Gasteiger partial charge is 0.290 e. The van der Waals surface area contributed by atoms with E-state index in [9.17, 15) is 19.2 Å². The minimum atomic E-state index is -0.178. The Morgan fingerprint density at radius 2 is 1.16 bits per heavy atom. The van der Waals surface area contributed by atoms with Crippen molar-refractivity contribution in [1.29, 1.82) is 0 Å². The largest absolute Gasteiger partial charge is 0.436 e. The Hall–Kier alpha value is -6.05. The molecule has 0 radical (unpaired) electrons. The molecular formula is C37H39N9O5. The molecule has 4 amide bonds. The van der Waals surface area contributed by atoms with Gasteiger partial charge in [0.2, 0.25) is 17.7 Å². The van der Waals surface area contributed by atoms with Gasteiger partial charge in [-0.05, 0) is 74.2 Å². The number of carbonyl (C=O) groups excluding carboxylic acids is 4. The molecule has 14 nitrogen and oxygen atoms in total. The molecule has 2 N–H and O–H groups in total. The van der Waals surface area contributed by atoms with E-state index in [0.29, 0.717) is 47.8 Å². The van der Waals surface area contributed by atoms with E-state index in [2.05, 4.69) is 25.6 Å². The summed E-state index contributed by atoms with van der Waals surface area (Å²) in [4.78, 5) is 68.1. The van der Waals surface area contributed by atoms with Crippen LogP contribution in [-0.4, -0.2) is 82.7 Å². The standard InChI is InChI=1S/C37H39N9O5/c1-43-19-15-38-33(43)36(49)45-17-3-5-28(45)21-31(47)41-26-11-7-24(8-12-26)30-23-40-35(51-30)25-9-13-27(14-10-25)42-32(48)22-29-6-4-18-46(29)37(50)34-39-16-20-44(34)2/h7-16,19-20,23,28-29H,3-6,17-18,21-22H2,1-2H3,(H,41,47)(H,42,48)/t28-,29-/m0/s1. The minimum absolute atomic E-state index is 0.157. The summed E-state index contributed by atoms with van der Waals surface area (Å²) >= 11 is 0. The van der Waals surface area contributed by atoms with Crippen molar-refractivity contribution in [1.82, 2.24) is 33.9 Å². The average Bonchev–Trinajstić information content (AvgIpc) is 3.97. The molecule has 262 valence electrons. The lowest BCUT2D eigenvalue weighted by molar-refractivity contribution is -0.117. The second-order valence-electron chi connectivity index (χ2n) is 13.0. The molecule has 5 heterocycles. The van der Waals surface area contributed by atoms with Crippen LogP contribution in [0.5, 0.6) is 0 Å². The van der Waals surface area contributed by atoms with E-state index in [1.165, 1.54) is 0 Å². The molecule has 2 aromatic carbocycles. The van der Waals surface area contributed by atoms with E-state index in [1.807, 2.05) is 24.3 Å². The molecule has 2 aliphatic heterocycles. The highest BCUT2D eigenvalue weighted by Crippen LogP contribution is 2.29. The molecule has 0 bridgehead atoms. The molecule has 51 heavy (non-hydrogen) atoms. The summed E-state index contributed by atoms with van der Waals surface area (Å²) in [6.45, 7) is 1.21. The van der Waals surface area contributed by atoms with E-state index in [1.54, 1.807) is 88.3 Å². The van der Waals surface area contributed by atoms with Crippen LogP contribution in [0.4, 0.5) is 11.4 Å². The van der Waals surface area contributed by atoms with Gasteiger partial charge < -0.3 is 34.0 Å². The van der Waals surface area contributed by atoms with E-state index in [0.717, 1.165) is 36.8 Å². The van der Waals surface area contributed by atoms with Crippen LogP contribution in [0.2, 0.25) is 0 Å². The second kappa shape index (κ2) is 14.4. The lowest BCUT2D eigenvalue weighted by atomic mass is 10.1. The number of hydrogen-bond donors (Lipinski definition) is 2. The number of carbonyl (C=O) groups is 4. The van der Waals surface area contributed by atoms with Gasteiger partial charge in [0.25, 0.3) is 11.8 Å². The van der Waals surface area contributed by atoms with Crippen LogP contribution in [0.15, 0.2) is 83.9 Å². The van der Waals surface area contributed by atoms with Gasteiger partial charge in [-0.3, -0.25) is 19.2 Å². The summed E-state index contributed by atoms with van der Waals surface area (Å²) in [5, 5.41) is 5.88. The number of likely N-dealkylation sites (tertiary alicyclic amines) is 2. The van der Waals surface area contributed by atoms with Crippen LogP contribution in [0.1, 0.15) is 59.8 Å². The fraction of sp³-hybridized carbons (Fsp3) is 0.324. The Morgan fingerprint density at radius 3 is 1.61 bits per heavy atom. The monoisotopic (exact) mass is 689 g/mol. The predicted octanol–water partition coefficient (Wildman–Crippen LogP) is 4.74. The normalized spacial score (nSPS) is 17.1. The van der Waals surface area contributed by atoms with Crippen molar-refractivity contribution in [2.75, 3.05) is 23.7 Å². The van der Waals surface area contributed by atoms with E-state index in [4.69, 9.17) is 4.42 Å². The Morgan fingerprint density at radius 1 is 0.686 bits per heavy atom. The quantitative estimate of drug-likeness (QED) is 0.213. The van der Waals surface area contributed by atoms with Crippen molar-refractivity contribution >= 4 is 35.0 Å². The Balaban J connectivity index is 0.908. The Labute approximate surface area is 294 Å². The molecule has 0 spiro atoms. The van der Waals surface area contributed by atoms with Gasteiger partial charge in [-0.2, -0.15) is 0 Å². The van der Waals surface area contributed by atoms with Crippen LogP contribution >= 0.6 is 0 Å². The number of oxazole rings is 1. The van der Waals surface area contributed by atoms with Gasteiger partial charge in [0.1, 0.15) is 0 Å². The molecule has 3 aromatic heterocycles. The molecule has 0 saturated carbocycles. The molecule has 0 aliphatic carbocycles. The number of nitrogens with zero attached hydrogens (tertiary/aromatic N) is 7. The van der Waals surface area contributed by atoms with Crippen molar-refractivity contribution in [3.63, 3.8) is 0 Å². The summed E-state index contributed by atoms with van der Waals surface area (Å²) in [6, 6.07) is 14.2. The van der Waals surface area contributed by atoms with E-state index < -0.39 is 0 Å². The molecule has 2 atom stereocenters. The zero-order chi connectivity index (χ0) is 35.5. The maximum absolute atomic E-state index is 13.0. The molecule has 2 saturated heterocycles. The van der Waals surface area contributed by atoms with Crippen LogP contribution in [0, 0.1) is 0 Å². The highest BCUT2D eigenvalue weighted by atomic mass is 16.4. The third kappa shape index (κ3) is 7.30. The number of aromatic nitrogens is 5. The Kier molecular flexibility index (Phi) is 9.47. The molecule has 2 aliphatic rings. The summed E-state index contributed by atoms with van der Waals surface area (Å²) in [6.07, 6.45) is 11.9. The molecule has 7 rings (SSSR count). The number of nitrogens with one attached hydrogen (secondary N) is 2. The number of aryl methyl sites for hydroxylation is 2. The number of benzene rings is 2. The third-order valence-electron chi connectivity index (χ3n) is 9.52. The first kappa shape index (κ1) is 33.4. The van der Waals surface area contributed by atoms with Crippen molar-refractivity contribution in [2.45, 2.75) is 50.6 Å². The fourth-order valence-electron chi connectivity index (χ4n) is 6.84. The first-order valence-electron chi connectivity index (χ1n) is 17.1. The number of hydrogen-bond acceptors (Lipinski definition) is 8. The topological polar surface area (TPSA) is 160 Å². The molecule has 0 unspecified atom stereocenters. The summed E-state index contributed by atoms with van der Waals surface area (Å²) < 4.78 is 9.43. The van der Waals surface area contributed by atoms with Crippen LogP contribution in [0.25, 0.3) is 22.8 Å². The maximum Gasteiger partial charge on any atom is 0.290 e. The van der Waals surface area contributed by atoms with Gasteiger partial charge in [-0.25, -0.2) is 15.0 Å².